The first-order valence-corrected chi connectivity index (χ1v) is 14.4. The van der Waals surface area contributed by atoms with E-state index < -0.39 is 0 Å². The molecule has 0 spiro atoms. The van der Waals surface area contributed by atoms with E-state index in [0.29, 0.717) is 37.1 Å². The highest BCUT2D eigenvalue weighted by Gasteiger charge is 2.32. The molecule has 0 aliphatic carbocycles. The minimum atomic E-state index is 0.0305. The molecule has 39 heavy (non-hydrogen) atoms. The summed E-state index contributed by atoms with van der Waals surface area (Å²) >= 11 is 6.15. The van der Waals surface area contributed by atoms with Gasteiger partial charge in [-0.25, -0.2) is 4.98 Å². The summed E-state index contributed by atoms with van der Waals surface area (Å²) in [5, 5.41) is 0.675. The highest BCUT2D eigenvalue weighted by molar-refractivity contribution is 6.30. The van der Waals surface area contributed by atoms with Crippen LogP contribution in [0.15, 0.2) is 48.7 Å². The number of anilines is 1. The van der Waals surface area contributed by atoms with Gasteiger partial charge in [-0.15, -0.1) is 0 Å². The zero-order valence-electron chi connectivity index (χ0n) is 22.4. The van der Waals surface area contributed by atoms with Gasteiger partial charge in [0.15, 0.2) is 0 Å². The number of benzene rings is 1. The van der Waals surface area contributed by atoms with Crippen LogP contribution in [-0.4, -0.2) is 84.0 Å². The van der Waals surface area contributed by atoms with Crippen LogP contribution < -0.4 is 5.73 Å². The predicted octanol–water partition coefficient (Wildman–Crippen LogP) is 3.71. The number of likely N-dealkylation sites (tertiary alicyclic amines) is 2. The Morgan fingerprint density at radius 2 is 1.59 bits per heavy atom. The SMILES string of the molecule is Nc1cc(CN2CCC(C(=O)N3CCC(/C(=C\C(=O)N4CCOCC4)c4ccc(Cl)cc4)CC3)CC2)ccn1. The van der Waals surface area contributed by atoms with Gasteiger partial charge in [0.05, 0.1) is 13.2 Å². The van der Waals surface area contributed by atoms with E-state index in [2.05, 4.69) is 9.88 Å². The van der Waals surface area contributed by atoms with Crippen molar-refractivity contribution in [2.75, 3.05) is 58.2 Å². The van der Waals surface area contributed by atoms with Gasteiger partial charge in [0.1, 0.15) is 5.82 Å². The Labute approximate surface area is 235 Å². The number of piperidine rings is 2. The van der Waals surface area contributed by atoms with E-state index in [1.165, 1.54) is 0 Å². The number of nitrogens with zero attached hydrogens (tertiary/aromatic N) is 4. The lowest BCUT2D eigenvalue weighted by atomic mass is 9.84. The fraction of sp³-hybridized carbons (Fsp3) is 0.500. The van der Waals surface area contributed by atoms with Crippen LogP contribution >= 0.6 is 11.6 Å². The molecular weight excluding hydrogens is 514 g/mol. The summed E-state index contributed by atoms with van der Waals surface area (Å²) in [5.41, 5.74) is 9.04. The summed E-state index contributed by atoms with van der Waals surface area (Å²) in [6.45, 7) is 6.47. The van der Waals surface area contributed by atoms with E-state index in [4.69, 9.17) is 22.1 Å². The van der Waals surface area contributed by atoms with Gasteiger partial charge in [-0.05, 0) is 85.7 Å². The molecule has 2 amide bonds. The van der Waals surface area contributed by atoms with E-state index in [-0.39, 0.29) is 23.7 Å². The third kappa shape index (κ3) is 7.18. The smallest absolute Gasteiger partial charge is 0.247 e. The monoisotopic (exact) mass is 551 g/mol. The fourth-order valence-electron chi connectivity index (χ4n) is 5.95. The van der Waals surface area contributed by atoms with Crippen molar-refractivity contribution in [1.82, 2.24) is 19.7 Å². The van der Waals surface area contributed by atoms with Crippen LogP contribution in [0.5, 0.6) is 0 Å². The maximum atomic E-state index is 13.4. The minimum Gasteiger partial charge on any atom is -0.384 e. The van der Waals surface area contributed by atoms with Crippen molar-refractivity contribution in [3.05, 3.63) is 64.8 Å². The molecule has 0 atom stereocenters. The topological polar surface area (TPSA) is 92.0 Å². The van der Waals surface area contributed by atoms with Crippen molar-refractivity contribution < 1.29 is 14.3 Å². The van der Waals surface area contributed by atoms with E-state index in [1.807, 2.05) is 52.3 Å². The number of rotatable bonds is 6. The van der Waals surface area contributed by atoms with Crippen molar-refractivity contribution in [1.29, 1.82) is 0 Å². The van der Waals surface area contributed by atoms with Crippen molar-refractivity contribution in [2.45, 2.75) is 32.2 Å². The van der Waals surface area contributed by atoms with Crippen LogP contribution in [0, 0.1) is 11.8 Å². The first-order chi connectivity index (χ1) is 19.0. The highest BCUT2D eigenvalue weighted by Crippen LogP contribution is 2.34. The van der Waals surface area contributed by atoms with Crippen LogP contribution in [0.2, 0.25) is 5.02 Å². The lowest BCUT2D eigenvalue weighted by Crippen LogP contribution is -2.45. The van der Waals surface area contributed by atoms with Crippen LogP contribution in [0.4, 0.5) is 5.82 Å². The molecule has 1 aromatic heterocycles. The molecule has 3 fully saturated rings. The average Bonchev–Trinajstić information content (AvgIpc) is 2.97. The summed E-state index contributed by atoms with van der Waals surface area (Å²) in [4.78, 5) is 36.9. The molecule has 2 N–H and O–H groups in total. The second kappa shape index (κ2) is 12.9. The van der Waals surface area contributed by atoms with Crippen LogP contribution in [0.25, 0.3) is 5.57 Å². The zero-order chi connectivity index (χ0) is 27.2. The average molecular weight is 552 g/mol. The van der Waals surface area contributed by atoms with Gasteiger partial charge in [0, 0.05) is 55.9 Å². The lowest BCUT2D eigenvalue weighted by molar-refractivity contribution is -0.138. The molecule has 0 radical (unpaired) electrons. The van der Waals surface area contributed by atoms with E-state index in [0.717, 1.165) is 75.1 Å². The van der Waals surface area contributed by atoms with Crippen molar-refractivity contribution in [2.24, 2.45) is 11.8 Å². The third-order valence-electron chi connectivity index (χ3n) is 8.21. The van der Waals surface area contributed by atoms with Gasteiger partial charge >= 0.3 is 0 Å². The largest absolute Gasteiger partial charge is 0.384 e. The number of nitrogen functional groups attached to an aromatic ring is 1. The second-order valence-corrected chi connectivity index (χ2v) is 11.2. The molecular formula is C30H38ClN5O3. The number of carbonyl (C=O) groups is 2. The number of carbonyl (C=O) groups excluding carboxylic acids is 2. The molecule has 0 bridgehead atoms. The Kier molecular flexibility index (Phi) is 9.17. The molecule has 1 aromatic carbocycles. The first-order valence-electron chi connectivity index (χ1n) is 14.0. The second-order valence-electron chi connectivity index (χ2n) is 10.8. The molecule has 3 saturated heterocycles. The summed E-state index contributed by atoms with van der Waals surface area (Å²) in [5.74, 6) is 1.15. The summed E-state index contributed by atoms with van der Waals surface area (Å²) in [6, 6.07) is 11.7. The molecule has 8 nitrogen and oxygen atoms in total. The number of amides is 2. The van der Waals surface area contributed by atoms with Gasteiger partial charge in [-0.1, -0.05) is 23.7 Å². The van der Waals surface area contributed by atoms with Crippen LogP contribution in [0.3, 0.4) is 0 Å². The quantitative estimate of drug-likeness (QED) is 0.550. The number of nitrogens with two attached hydrogens (primary N) is 1. The van der Waals surface area contributed by atoms with Crippen molar-refractivity contribution in [3.8, 4) is 0 Å². The number of aromatic nitrogens is 1. The molecule has 0 unspecified atom stereocenters. The van der Waals surface area contributed by atoms with Gasteiger partial charge in [0.2, 0.25) is 11.8 Å². The number of hydrogen-bond donors (Lipinski definition) is 1. The number of hydrogen-bond acceptors (Lipinski definition) is 6. The van der Waals surface area contributed by atoms with Gasteiger partial charge in [-0.3, -0.25) is 14.5 Å². The molecule has 3 aliphatic rings. The molecule has 5 rings (SSSR count). The number of pyridine rings is 1. The molecule has 3 aliphatic heterocycles. The molecule has 9 heteroatoms. The Hall–Kier alpha value is -2.94. The van der Waals surface area contributed by atoms with Crippen LogP contribution in [0.1, 0.15) is 36.8 Å². The van der Waals surface area contributed by atoms with Crippen LogP contribution in [-0.2, 0) is 20.9 Å². The molecule has 4 heterocycles. The standard InChI is InChI=1S/C30H38ClN5O3/c31-26-3-1-23(2-4-26)27(20-29(37)35-15-17-39-18-16-35)24-8-13-36(14-9-24)30(38)25-6-11-34(12-7-25)21-22-5-10-33-28(32)19-22/h1-5,10,19-20,24-25H,6-9,11-18,21H2,(H2,32,33)/b27-20-. The maximum Gasteiger partial charge on any atom is 0.247 e. The Bertz CT molecular complexity index is 1170. The van der Waals surface area contributed by atoms with Gasteiger partial charge in [-0.2, -0.15) is 0 Å². The zero-order valence-corrected chi connectivity index (χ0v) is 23.2. The minimum absolute atomic E-state index is 0.0305. The normalized spacial score (nSPS) is 20.3. The van der Waals surface area contributed by atoms with E-state index in [1.54, 1.807) is 6.20 Å². The fourth-order valence-corrected chi connectivity index (χ4v) is 6.07. The number of allylic oxidation sites excluding steroid dienone is 1. The summed E-state index contributed by atoms with van der Waals surface area (Å²) in [7, 11) is 0. The molecule has 0 saturated carbocycles. The van der Waals surface area contributed by atoms with Gasteiger partial charge < -0.3 is 20.3 Å². The number of morpholine rings is 1. The first kappa shape index (κ1) is 27.6. The summed E-state index contributed by atoms with van der Waals surface area (Å²) < 4.78 is 5.41. The Morgan fingerprint density at radius 3 is 2.26 bits per heavy atom. The maximum absolute atomic E-state index is 13.4. The predicted molar refractivity (Wildman–Crippen MR) is 153 cm³/mol. The van der Waals surface area contributed by atoms with Gasteiger partial charge in [0.25, 0.3) is 0 Å². The molecule has 208 valence electrons. The lowest BCUT2D eigenvalue weighted by Gasteiger charge is -2.38. The highest BCUT2D eigenvalue weighted by atomic mass is 35.5. The summed E-state index contributed by atoms with van der Waals surface area (Å²) in [6.07, 6.45) is 7.00. The Morgan fingerprint density at radius 1 is 0.923 bits per heavy atom. The van der Waals surface area contributed by atoms with Crippen molar-refractivity contribution >= 4 is 34.8 Å². The molecule has 2 aromatic rings. The number of halogens is 1. The Balaban J connectivity index is 1.17. The number of ether oxygens (including phenoxy) is 1. The third-order valence-corrected chi connectivity index (χ3v) is 8.47. The van der Waals surface area contributed by atoms with E-state index >= 15 is 0 Å². The van der Waals surface area contributed by atoms with E-state index in [9.17, 15) is 9.59 Å². The van der Waals surface area contributed by atoms with Crippen molar-refractivity contribution in [3.63, 3.8) is 0 Å².